The Labute approximate surface area is 157 Å². The predicted molar refractivity (Wildman–Crippen MR) is 106 cm³/mol. The van der Waals surface area contributed by atoms with Crippen LogP contribution < -0.4 is 15.4 Å². The summed E-state index contributed by atoms with van der Waals surface area (Å²) in [5, 5.41) is 6.37. The summed E-state index contributed by atoms with van der Waals surface area (Å²) in [7, 11) is 1.98. The van der Waals surface area contributed by atoms with Gasteiger partial charge in [-0.3, -0.25) is 9.79 Å². The van der Waals surface area contributed by atoms with Crippen LogP contribution in [0.15, 0.2) is 35.3 Å². The van der Waals surface area contributed by atoms with Crippen LogP contribution in [0.2, 0.25) is 0 Å². The van der Waals surface area contributed by atoms with Gasteiger partial charge >= 0.3 is 0 Å². The van der Waals surface area contributed by atoms with Gasteiger partial charge in [0.25, 0.3) is 0 Å². The molecule has 2 rings (SSSR count). The van der Waals surface area contributed by atoms with Gasteiger partial charge in [0, 0.05) is 26.1 Å². The van der Waals surface area contributed by atoms with Gasteiger partial charge in [-0.25, -0.2) is 0 Å². The van der Waals surface area contributed by atoms with Gasteiger partial charge in [0.15, 0.2) is 5.96 Å². The molecule has 1 aromatic rings. The monoisotopic (exact) mass is 360 g/mol. The van der Waals surface area contributed by atoms with E-state index in [0.717, 1.165) is 37.6 Å². The molecule has 0 saturated heterocycles. The van der Waals surface area contributed by atoms with Crippen molar-refractivity contribution < 1.29 is 9.53 Å². The van der Waals surface area contributed by atoms with Gasteiger partial charge in [0.05, 0.1) is 13.1 Å². The lowest BCUT2D eigenvalue weighted by Gasteiger charge is -2.22. The molecule has 1 saturated carbocycles. The number of carbonyl (C=O) groups is 1. The van der Waals surface area contributed by atoms with E-state index in [4.69, 9.17) is 4.74 Å². The van der Waals surface area contributed by atoms with Crippen LogP contribution >= 0.6 is 0 Å². The Morgan fingerprint density at radius 1 is 1.27 bits per heavy atom. The summed E-state index contributed by atoms with van der Waals surface area (Å²) < 4.78 is 5.73. The molecule has 0 spiro atoms. The van der Waals surface area contributed by atoms with Crippen LogP contribution in [0, 0.1) is 0 Å². The van der Waals surface area contributed by atoms with Gasteiger partial charge < -0.3 is 20.3 Å². The molecule has 0 heterocycles. The second-order valence-corrected chi connectivity index (χ2v) is 6.62. The van der Waals surface area contributed by atoms with Crippen molar-refractivity contribution in [2.45, 2.75) is 45.1 Å². The van der Waals surface area contributed by atoms with Crippen molar-refractivity contribution >= 4 is 11.9 Å². The SMILES string of the molecule is CCNC(=NCCC(=O)NC1CCCC1)N(C)CCOc1ccccc1. The Hall–Kier alpha value is -2.24. The number of amides is 1. The van der Waals surface area contributed by atoms with Crippen molar-refractivity contribution in [2.24, 2.45) is 4.99 Å². The first-order valence-electron chi connectivity index (χ1n) is 9.65. The number of nitrogens with one attached hydrogen (secondary N) is 2. The van der Waals surface area contributed by atoms with E-state index in [9.17, 15) is 4.79 Å². The molecule has 6 nitrogen and oxygen atoms in total. The van der Waals surface area contributed by atoms with Gasteiger partial charge in [-0.05, 0) is 31.9 Å². The smallest absolute Gasteiger partial charge is 0.222 e. The van der Waals surface area contributed by atoms with E-state index in [1.165, 1.54) is 12.8 Å². The lowest BCUT2D eigenvalue weighted by Crippen LogP contribution is -2.41. The fourth-order valence-electron chi connectivity index (χ4n) is 3.03. The number of ether oxygens (including phenoxy) is 1. The lowest BCUT2D eigenvalue weighted by molar-refractivity contribution is -0.121. The Balaban J connectivity index is 1.72. The summed E-state index contributed by atoms with van der Waals surface area (Å²) in [6.07, 6.45) is 5.11. The molecule has 2 N–H and O–H groups in total. The van der Waals surface area contributed by atoms with Crippen molar-refractivity contribution in [3.8, 4) is 5.75 Å². The number of guanidine groups is 1. The average molecular weight is 361 g/mol. The predicted octanol–water partition coefficient (Wildman–Crippen LogP) is 2.41. The molecule has 1 fully saturated rings. The number of aliphatic imine (C=N–C) groups is 1. The summed E-state index contributed by atoms with van der Waals surface area (Å²) in [6, 6.07) is 10.2. The third-order valence-corrected chi connectivity index (χ3v) is 4.46. The highest BCUT2D eigenvalue weighted by Gasteiger charge is 2.16. The fraction of sp³-hybridized carbons (Fsp3) is 0.600. The number of hydrogen-bond donors (Lipinski definition) is 2. The second kappa shape index (κ2) is 11.4. The Morgan fingerprint density at radius 2 is 2.00 bits per heavy atom. The maximum absolute atomic E-state index is 12.0. The van der Waals surface area contributed by atoms with Crippen molar-refractivity contribution in [1.82, 2.24) is 15.5 Å². The van der Waals surface area contributed by atoms with E-state index in [1.807, 2.05) is 49.2 Å². The highest BCUT2D eigenvalue weighted by molar-refractivity contribution is 5.80. The van der Waals surface area contributed by atoms with Gasteiger partial charge in [-0.2, -0.15) is 0 Å². The second-order valence-electron chi connectivity index (χ2n) is 6.62. The minimum absolute atomic E-state index is 0.103. The minimum Gasteiger partial charge on any atom is -0.492 e. The zero-order valence-electron chi connectivity index (χ0n) is 16.0. The topological polar surface area (TPSA) is 66.0 Å². The molecule has 1 aliphatic rings. The molecule has 0 aliphatic heterocycles. The quantitative estimate of drug-likeness (QED) is 0.524. The zero-order valence-corrected chi connectivity index (χ0v) is 16.0. The molecule has 26 heavy (non-hydrogen) atoms. The zero-order chi connectivity index (χ0) is 18.6. The lowest BCUT2D eigenvalue weighted by atomic mass is 10.2. The maximum Gasteiger partial charge on any atom is 0.222 e. The highest BCUT2D eigenvalue weighted by atomic mass is 16.5. The number of para-hydroxylation sites is 1. The summed E-state index contributed by atoms with van der Waals surface area (Å²) in [5.74, 6) is 1.77. The van der Waals surface area contributed by atoms with Crippen LogP contribution in [0.3, 0.4) is 0 Å². The maximum atomic E-state index is 12.0. The van der Waals surface area contributed by atoms with Crippen LogP contribution in [-0.4, -0.2) is 56.1 Å². The molecule has 0 radical (unpaired) electrons. The minimum atomic E-state index is 0.103. The van der Waals surface area contributed by atoms with Crippen LogP contribution in [0.5, 0.6) is 5.75 Å². The third-order valence-electron chi connectivity index (χ3n) is 4.46. The normalized spacial score (nSPS) is 14.9. The summed E-state index contributed by atoms with van der Waals surface area (Å²) in [4.78, 5) is 18.6. The van der Waals surface area contributed by atoms with Gasteiger partial charge in [0.1, 0.15) is 12.4 Å². The molecule has 0 unspecified atom stereocenters. The van der Waals surface area contributed by atoms with E-state index in [-0.39, 0.29) is 5.91 Å². The number of benzene rings is 1. The number of rotatable bonds is 9. The molecule has 0 aromatic heterocycles. The van der Waals surface area contributed by atoms with Crippen LogP contribution in [0.25, 0.3) is 0 Å². The first kappa shape index (κ1) is 20.1. The van der Waals surface area contributed by atoms with Crippen molar-refractivity contribution in [2.75, 3.05) is 33.3 Å². The largest absolute Gasteiger partial charge is 0.492 e. The van der Waals surface area contributed by atoms with Gasteiger partial charge in [-0.1, -0.05) is 31.0 Å². The average Bonchev–Trinajstić information content (AvgIpc) is 3.14. The number of nitrogens with zero attached hydrogens (tertiary/aromatic N) is 2. The van der Waals surface area contributed by atoms with Crippen molar-refractivity contribution in [3.05, 3.63) is 30.3 Å². The van der Waals surface area contributed by atoms with Crippen LogP contribution in [0.4, 0.5) is 0 Å². The standard InChI is InChI=1S/C20H32N4O2/c1-3-21-20(22-14-13-19(25)23-17-9-7-8-10-17)24(2)15-16-26-18-11-5-4-6-12-18/h4-6,11-12,17H,3,7-10,13-16H2,1-2H3,(H,21,22)(H,23,25). The molecular weight excluding hydrogens is 328 g/mol. The fourth-order valence-corrected chi connectivity index (χ4v) is 3.03. The third kappa shape index (κ3) is 7.33. The summed E-state index contributed by atoms with van der Waals surface area (Å²) >= 11 is 0. The summed E-state index contributed by atoms with van der Waals surface area (Å²) in [6.45, 7) is 4.61. The van der Waals surface area contributed by atoms with Gasteiger partial charge in [0.2, 0.25) is 5.91 Å². The molecule has 1 aliphatic carbocycles. The Kier molecular flexibility index (Phi) is 8.79. The Morgan fingerprint density at radius 3 is 2.69 bits per heavy atom. The molecular formula is C20H32N4O2. The molecule has 6 heteroatoms. The molecule has 1 aromatic carbocycles. The first-order valence-corrected chi connectivity index (χ1v) is 9.65. The van der Waals surface area contributed by atoms with E-state index >= 15 is 0 Å². The summed E-state index contributed by atoms with van der Waals surface area (Å²) in [5.41, 5.74) is 0. The first-order chi connectivity index (χ1) is 12.7. The van der Waals surface area contributed by atoms with E-state index in [1.54, 1.807) is 0 Å². The molecule has 0 bridgehead atoms. The van der Waals surface area contributed by atoms with Gasteiger partial charge in [-0.15, -0.1) is 0 Å². The number of likely N-dealkylation sites (N-methyl/N-ethyl adjacent to an activating group) is 1. The van der Waals surface area contributed by atoms with Crippen LogP contribution in [-0.2, 0) is 4.79 Å². The number of carbonyl (C=O) groups excluding carboxylic acids is 1. The van der Waals surface area contributed by atoms with E-state index in [2.05, 4.69) is 15.6 Å². The molecule has 1 amide bonds. The highest BCUT2D eigenvalue weighted by Crippen LogP contribution is 2.17. The van der Waals surface area contributed by atoms with Crippen molar-refractivity contribution in [3.63, 3.8) is 0 Å². The van der Waals surface area contributed by atoms with E-state index in [0.29, 0.717) is 25.6 Å². The number of hydrogen-bond acceptors (Lipinski definition) is 3. The molecule has 0 atom stereocenters. The van der Waals surface area contributed by atoms with Crippen LogP contribution in [0.1, 0.15) is 39.0 Å². The van der Waals surface area contributed by atoms with Crippen molar-refractivity contribution in [1.29, 1.82) is 0 Å². The van der Waals surface area contributed by atoms with E-state index < -0.39 is 0 Å². The molecule has 144 valence electrons. The Bertz CT molecular complexity index is 556.